The van der Waals surface area contributed by atoms with Crippen LogP contribution in [0.4, 0.5) is 11.4 Å². The van der Waals surface area contributed by atoms with E-state index in [4.69, 9.17) is 0 Å². The first kappa shape index (κ1) is 16.1. The number of nitrogens with zero attached hydrogens (tertiary/aromatic N) is 1. The Kier molecular flexibility index (Phi) is 3.54. The van der Waals surface area contributed by atoms with Gasteiger partial charge in [0.2, 0.25) is 0 Å². The van der Waals surface area contributed by atoms with Crippen molar-refractivity contribution in [2.24, 2.45) is 5.92 Å². The maximum absolute atomic E-state index is 11.3. The van der Waals surface area contributed by atoms with Gasteiger partial charge in [0.25, 0.3) is 5.69 Å². The molecule has 0 fully saturated rings. The van der Waals surface area contributed by atoms with Crippen molar-refractivity contribution in [2.45, 2.75) is 25.3 Å². The Hall–Kier alpha value is -3.14. The van der Waals surface area contributed by atoms with Crippen LogP contribution in [0.25, 0.3) is 0 Å². The Labute approximate surface area is 158 Å². The second-order valence-corrected chi connectivity index (χ2v) is 7.61. The minimum Gasteiger partial charge on any atom is -0.378 e. The standard InChI is InChI=1S/C23H20N2O2/c1-14-5-4-7-16(11-14)23-20-12-15-6-2-3-8-18(15)22(20)19-13-17(25(26)27)9-10-21(19)24-23/h2-11,13,20,22-24H,12H2,1H3/t20-,22-,23+/m1/s1. The third-order valence-electron chi connectivity index (χ3n) is 6.00. The molecule has 2 aliphatic rings. The predicted octanol–water partition coefficient (Wildman–Crippen LogP) is 5.37. The van der Waals surface area contributed by atoms with Crippen LogP contribution in [0.3, 0.4) is 0 Å². The molecule has 0 spiro atoms. The molecule has 1 N–H and O–H groups in total. The average molecular weight is 356 g/mol. The maximum atomic E-state index is 11.3. The second-order valence-electron chi connectivity index (χ2n) is 7.61. The van der Waals surface area contributed by atoms with Gasteiger partial charge in [-0.25, -0.2) is 0 Å². The molecule has 0 saturated carbocycles. The molecule has 1 aliphatic carbocycles. The summed E-state index contributed by atoms with van der Waals surface area (Å²) in [5, 5.41) is 15.0. The van der Waals surface area contributed by atoms with E-state index < -0.39 is 0 Å². The van der Waals surface area contributed by atoms with Gasteiger partial charge in [0.15, 0.2) is 0 Å². The van der Waals surface area contributed by atoms with Gasteiger partial charge < -0.3 is 5.32 Å². The van der Waals surface area contributed by atoms with Gasteiger partial charge in [0.1, 0.15) is 0 Å². The van der Waals surface area contributed by atoms with Crippen LogP contribution in [-0.2, 0) is 6.42 Å². The summed E-state index contributed by atoms with van der Waals surface area (Å²) in [6.07, 6.45) is 0.981. The van der Waals surface area contributed by atoms with Gasteiger partial charge in [-0.1, -0.05) is 54.1 Å². The van der Waals surface area contributed by atoms with Crippen molar-refractivity contribution in [1.82, 2.24) is 0 Å². The fraction of sp³-hybridized carbons (Fsp3) is 0.217. The van der Waals surface area contributed by atoms with Gasteiger partial charge in [-0.3, -0.25) is 10.1 Å². The van der Waals surface area contributed by atoms with Crippen LogP contribution in [0, 0.1) is 23.0 Å². The fourth-order valence-corrected chi connectivity index (χ4v) is 4.86. The third-order valence-corrected chi connectivity index (χ3v) is 6.00. The van der Waals surface area contributed by atoms with Crippen LogP contribution in [-0.4, -0.2) is 4.92 Å². The molecule has 5 rings (SSSR count). The van der Waals surface area contributed by atoms with Crippen molar-refractivity contribution >= 4 is 11.4 Å². The summed E-state index contributed by atoms with van der Waals surface area (Å²) in [7, 11) is 0. The highest BCUT2D eigenvalue weighted by Crippen LogP contribution is 2.54. The van der Waals surface area contributed by atoms with Crippen molar-refractivity contribution < 1.29 is 4.92 Å². The van der Waals surface area contributed by atoms with E-state index in [1.54, 1.807) is 12.1 Å². The summed E-state index contributed by atoms with van der Waals surface area (Å²) in [5.74, 6) is 0.529. The van der Waals surface area contributed by atoms with E-state index in [1.807, 2.05) is 6.07 Å². The summed E-state index contributed by atoms with van der Waals surface area (Å²) >= 11 is 0. The number of non-ortho nitro benzene ring substituents is 1. The second kappa shape index (κ2) is 5.95. The number of fused-ring (bicyclic) bond motifs is 5. The lowest BCUT2D eigenvalue weighted by Gasteiger charge is -2.38. The number of aryl methyl sites for hydroxylation is 1. The molecule has 0 bridgehead atoms. The number of hydrogen-bond donors (Lipinski definition) is 1. The summed E-state index contributed by atoms with van der Waals surface area (Å²) in [6, 6.07) is 22.6. The molecular formula is C23H20N2O2. The zero-order chi connectivity index (χ0) is 18.5. The highest BCUT2D eigenvalue weighted by atomic mass is 16.6. The number of nitrogens with one attached hydrogen (secondary N) is 1. The molecule has 4 nitrogen and oxygen atoms in total. The molecule has 0 saturated heterocycles. The molecule has 3 atom stereocenters. The Morgan fingerprint density at radius 3 is 2.67 bits per heavy atom. The number of benzene rings is 3. The van der Waals surface area contributed by atoms with Crippen molar-refractivity contribution in [3.63, 3.8) is 0 Å². The summed E-state index contributed by atoms with van der Waals surface area (Å²) in [4.78, 5) is 11.0. The smallest absolute Gasteiger partial charge is 0.269 e. The number of rotatable bonds is 2. The van der Waals surface area contributed by atoms with Gasteiger partial charge in [0, 0.05) is 23.7 Å². The quantitative estimate of drug-likeness (QED) is 0.496. The first-order chi connectivity index (χ1) is 13.1. The van der Waals surface area contributed by atoms with Crippen LogP contribution < -0.4 is 5.32 Å². The molecule has 27 heavy (non-hydrogen) atoms. The molecule has 0 amide bonds. The minimum atomic E-state index is -0.303. The molecule has 134 valence electrons. The molecule has 0 unspecified atom stereocenters. The van der Waals surface area contributed by atoms with Crippen molar-refractivity contribution in [1.29, 1.82) is 0 Å². The lowest BCUT2D eigenvalue weighted by atomic mass is 9.75. The highest BCUT2D eigenvalue weighted by Gasteiger charge is 2.43. The monoisotopic (exact) mass is 356 g/mol. The molecule has 4 heteroatoms. The molecule has 1 heterocycles. The SMILES string of the molecule is Cc1cccc([C@@H]2Nc3ccc([N+](=O)[O-])cc3[C@H]3c4ccccc4C[C@H]32)c1. The first-order valence-electron chi connectivity index (χ1n) is 9.31. The normalized spacial score (nSPS) is 22.3. The van der Waals surface area contributed by atoms with Crippen LogP contribution in [0.1, 0.15) is 39.8 Å². The Balaban J connectivity index is 1.69. The van der Waals surface area contributed by atoms with Crippen molar-refractivity contribution in [3.05, 3.63) is 105 Å². The number of nitro groups is 1. The average Bonchev–Trinajstić information content (AvgIpc) is 3.06. The number of nitro benzene ring substituents is 1. The summed E-state index contributed by atoms with van der Waals surface area (Å²) < 4.78 is 0. The lowest BCUT2D eigenvalue weighted by Crippen LogP contribution is -2.30. The molecule has 3 aromatic rings. The molecule has 0 aromatic heterocycles. The topological polar surface area (TPSA) is 55.2 Å². The van der Waals surface area contributed by atoms with E-state index in [0.717, 1.165) is 17.7 Å². The van der Waals surface area contributed by atoms with Gasteiger partial charge in [0.05, 0.1) is 11.0 Å². The molecular weight excluding hydrogens is 336 g/mol. The van der Waals surface area contributed by atoms with Crippen molar-refractivity contribution in [2.75, 3.05) is 5.32 Å². The van der Waals surface area contributed by atoms with E-state index >= 15 is 0 Å². The number of anilines is 1. The van der Waals surface area contributed by atoms with Crippen LogP contribution in [0.15, 0.2) is 66.7 Å². The zero-order valence-corrected chi connectivity index (χ0v) is 15.1. The van der Waals surface area contributed by atoms with E-state index in [1.165, 1.54) is 22.3 Å². The third kappa shape index (κ3) is 2.52. The zero-order valence-electron chi connectivity index (χ0n) is 15.1. The number of hydrogen-bond acceptors (Lipinski definition) is 3. The largest absolute Gasteiger partial charge is 0.378 e. The van der Waals surface area contributed by atoms with Crippen LogP contribution in [0.5, 0.6) is 0 Å². The first-order valence-corrected chi connectivity index (χ1v) is 9.31. The molecule has 1 aliphatic heterocycles. The van der Waals surface area contributed by atoms with Crippen LogP contribution in [0.2, 0.25) is 0 Å². The predicted molar refractivity (Wildman–Crippen MR) is 106 cm³/mol. The van der Waals surface area contributed by atoms with Crippen molar-refractivity contribution in [3.8, 4) is 0 Å². The highest BCUT2D eigenvalue weighted by molar-refractivity contribution is 5.65. The van der Waals surface area contributed by atoms with E-state index in [2.05, 4.69) is 60.8 Å². The molecule has 3 aromatic carbocycles. The van der Waals surface area contributed by atoms with E-state index in [-0.39, 0.29) is 22.6 Å². The van der Waals surface area contributed by atoms with E-state index in [9.17, 15) is 10.1 Å². The van der Waals surface area contributed by atoms with Gasteiger partial charge in [-0.15, -0.1) is 0 Å². The Morgan fingerprint density at radius 2 is 1.85 bits per heavy atom. The van der Waals surface area contributed by atoms with Gasteiger partial charge in [-0.05, 0) is 47.6 Å². The minimum absolute atomic E-state index is 0.160. The Bertz CT molecular complexity index is 1060. The van der Waals surface area contributed by atoms with E-state index in [0.29, 0.717) is 5.92 Å². The maximum Gasteiger partial charge on any atom is 0.269 e. The van der Waals surface area contributed by atoms with Gasteiger partial charge >= 0.3 is 0 Å². The summed E-state index contributed by atoms with van der Waals surface area (Å²) in [5.41, 5.74) is 7.40. The fourth-order valence-electron chi connectivity index (χ4n) is 4.86. The summed E-state index contributed by atoms with van der Waals surface area (Å²) in [6.45, 7) is 2.12. The van der Waals surface area contributed by atoms with Gasteiger partial charge in [-0.2, -0.15) is 0 Å². The van der Waals surface area contributed by atoms with Crippen LogP contribution >= 0.6 is 0 Å². The molecule has 0 radical (unpaired) electrons. The Morgan fingerprint density at radius 1 is 1.00 bits per heavy atom. The lowest BCUT2D eigenvalue weighted by molar-refractivity contribution is -0.384.